The summed E-state index contributed by atoms with van der Waals surface area (Å²) in [7, 11) is 0. The van der Waals surface area contributed by atoms with Crippen LogP contribution in [0.1, 0.15) is 5.56 Å². The Morgan fingerprint density at radius 2 is 2.00 bits per heavy atom. The van der Waals surface area contributed by atoms with Gasteiger partial charge in [0.2, 0.25) is 6.29 Å². The van der Waals surface area contributed by atoms with Gasteiger partial charge in [0.05, 0.1) is 6.61 Å². The van der Waals surface area contributed by atoms with E-state index in [-0.39, 0.29) is 0 Å². The third kappa shape index (κ3) is 3.30. The molecule has 0 bridgehead atoms. The number of rotatable bonds is 4. The van der Waals surface area contributed by atoms with Crippen molar-refractivity contribution >= 4 is 5.69 Å². The largest absolute Gasteiger partial charge is 0.462 e. The first-order valence-corrected chi connectivity index (χ1v) is 6.61. The van der Waals surface area contributed by atoms with Gasteiger partial charge in [0.25, 0.3) is 0 Å². The molecule has 120 valence electrons. The molecule has 0 aliphatic carbocycles. The normalized spacial score (nSPS) is 31.4. The van der Waals surface area contributed by atoms with Crippen LogP contribution in [-0.2, 0) is 4.74 Å². The molecule has 2 rings (SSSR count). The summed E-state index contributed by atoms with van der Waals surface area (Å²) in [4.78, 5) is 2.67. The molecule has 1 aliphatic rings. The van der Waals surface area contributed by atoms with Crippen molar-refractivity contribution in [2.24, 2.45) is 5.11 Å². The molecule has 9 heteroatoms. The molecule has 1 aromatic rings. The molecule has 1 aliphatic heterocycles. The van der Waals surface area contributed by atoms with Crippen molar-refractivity contribution in [3.05, 3.63) is 34.2 Å². The van der Waals surface area contributed by atoms with Crippen LogP contribution in [0.3, 0.4) is 0 Å². The highest BCUT2D eigenvalue weighted by atomic mass is 16.7. The lowest BCUT2D eigenvalue weighted by Crippen LogP contribution is -2.60. The molecular formula is C13H17N3O6. The highest BCUT2D eigenvalue weighted by Gasteiger charge is 2.44. The number of azide groups is 1. The van der Waals surface area contributed by atoms with Crippen molar-refractivity contribution in [1.29, 1.82) is 0 Å². The van der Waals surface area contributed by atoms with Crippen molar-refractivity contribution in [2.75, 3.05) is 6.61 Å². The average Bonchev–Trinajstić information content (AvgIpc) is 2.50. The second kappa shape index (κ2) is 6.93. The van der Waals surface area contributed by atoms with Crippen molar-refractivity contribution < 1.29 is 29.9 Å². The van der Waals surface area contributed by atoms with Crippen molar-refractivity contribution in [2.45, 2.75) is 37.6 Å². The molecule has 0 spiro atoms. The van der Waals surface area contributed by atoms with Gasteiger partial charge in [0.1, 0.15) is 30.2 Å². The molecule has 1 heterocycles. The molecule has 0 saturated carbocycles. The van der Waals surface area contributed by atoms with Crippen LogP contribution in [0.4, 0.5) is 5.69 Å². The highest BCUT2D eigenvalue weighted by Crippen LogP contribution is 2.28. The maximum atomic E-state index is 9.90. The quantitative estimate of drug-likeness (QED) is 0.352. The summed E-state index contributed by atoms with van der Waals surface area (Å²) in [5.74, 6) is 0.348. The Bertz CT molecular complexity index is 575. The van der Waals surface area contributed by atoms with Crippen LogP contribution in [-0.4, -0.2) is 57.7 Å². The number of benzene rings is 1. The Balaban J connectivity index is 2.17. The fourth-order valence-electron chi connectivity index (χ4n) is 2.17. The molecule has 0 aromatic heterocycles. The minimum atomic E-state index is -1.50. The Morgan fingerprint density at radius 1 is 1.27 bits per heavy atom. The van der Waals surface area contributed by atoms with E-state index < -0.39 is 37.3 Å². The molecule has 0 radical (unpaired) electrons. The summed E-state index contributed by atoms with van der Waals surface area (Å²) >= 11 is 0. The summed E-state index contributed by atoms with van der Waals surface area (Å²) in [5.41, 5.74) is 9.42. The number of aliphatic hydroxyl groups excluding tert-OH is 4. The van der Waals surface area contributed by atoms with Gasteiger partial charge in [0.15, 0.2) is 0 Å². The number of hydrogen-bond donors (Lipinski definition) is 4. The molecule has 1 saturated heterocycles. The zero-order valence-corrected chi connectivity index (χ0v) is 11.8. The van der Waals surface area contributed by atoms with Gasteiger partial charge in [-0.25, -0.2) is 0 Å². The first-order chi connectivity index (χ1) is 10.5. The number of hydrogen-bond acceptors (Lipinski definition) is 7. The minimum Gasteiger partial charge on any atom is -0.462 e. The van der Waals surface area contributed by atoms with Gasteiger partial charge in [-0.15, -0.1) is 0 Å². The molecule has 1 fully saturated rings. The van der Waals surface area contributed by atoms with Crippen molar-refractivity contribution in [3.8, 4) is 5.75 Å². The zero-order valence-electron chi connectivity index (χ0n) is 11.8. The summed E-state index contributed by atoms with van der Waals surface area (Å²) < 4.78 is 10.7. The smallest absolute Gasteiger partial charge is 0.229 e. The average molecular weight is 311 g/mol. The topological polar surface area (TPSA) is 148 Å². The van der Waals surface area contributed by atoms with E-state index in [1.54, 1.807) is 13.0 Å². The van der Waals surface area contributed by atoms with Crippen molar-refractivity contribution in [3.63, 3.8) is 0 Å². The molecule has 0 unspecified atom stereocenters. The Kier molecular flexibility index (Phi) is 5.19. The van der Waals surface area contributed by atoms with E-state index in [4.69, 9.17) is 20.1 Å². The van der Waals surface area contributed by atoms with Gasteiger partial charge >= 0.3 is 0 Å². The van der Waals surface area contributed by atoms with Crippen LogP contribution in [0.5, 0.6) is 5.75 Å². The lowest BCUT2D eigenvalue weighted by atomic mass is 9.99. The third-order valence-electron chi connectivity index (χ3n) is 3.41. The van der Waals surface area contributed by atoms with E-state index in [1.165, 1.54) is 12.1 Å². The first-order valence-electron chi connectivity index (χ1n) is 6.61. The van der Waals surface area contributed by atoms with Crippen LogP contribution in [0.15, 0.2) is 23.3 Å². The molecular weight excluding hydrogens is 294 g/mol. The lowest BCUT2D eigenvalue weighted by Gasteiger charge is -2.39. The summed E-state index contributed by atoms with van der Waals surface area (Å²) in [6.07, 6.45) is -6.70. The molecule has 22 heavy (non-hydrogen) atoms. The second-order valence-electron chi connectivity index (χ2n) is 4.95. The monoisotopic (exact) mass is 311 g/mol. The first kappa shape index (κ1) is 16.5. The number of nitrogens with zero attached hydrogens (tertiary/aromatic N) is 3. The summed E-state index contributed by atoms with van der Waals surface area (Å²) in [5, 5.41) is 41.9. The maximum absolute atomic E-state index is 9.90. The lowest BCUT2D eigenvalue weighted by molar-refractivity contribution is -0.277. The number of ether oxygens (including phenoxy) is 2. The van der Waals surface area contributed by atoms with Crippen LogP contribution < -0.4 is 4.74 Å². The molecule has 0 amide bonds. The third-order valence-corrected chi connectivity index (χ3v) is 3.41. The van der Waals surface area contributed by atoms with Crippen LogP contribution in [0, 0.1) is 6.92 Å². The Labute approximate surface area is 126 Å². The van der Waals surface area contributed by atoms with Crippen LogP contribution >= 0.6 is 0 Å². The van der Waals surface area contributed by atoms with E-state index in [9.17, 15) is 15.3 Å². The Hall–Kier alpha value is -1.87. The van der Waals surface area contributed by atoms with Gasteiger partial charge < -0.3 is 29.9 Å². The zero-order chi connectivity index (χ0) is 16.3. The van der Waals surface area contributed by atoms with E-state index in [1.807, 2.05) is 0 Å². The Morgan fingerprint density at radius 3 is 2.59 bits per heavy atom. The van der Waals surface area contributed by atoms with Gasteiger partial charge in [-0.2, -0.15) is 0 Å². The van der Waals surface area contributed by atoms with Gasteiger partial charge in [-0.3, -0.25) is 0 Å². The van der Waals surface area contributed by atoms with E-state index in [0.29, 0.717) is 17.0 Å². The summed E-state index contributed by atoms with van der Waals surface area (Å²) in [6, 6.07) is 4.63. The van der Waals surface area contributed by atoms with E-state index in [0.717, 1.165) is 0 Å². The summed E-state index contributed by atoms with van der Waals surface area (Å²) in [6.45, 7) is 1.18. The van der Waals surface area contributed by atoms with Gasteiger partial charge in [-0.1, -0.05) is 5.11 Å². The molecule has 1 aromatic carbocycles. The van der Waals surface area contributed by atoms with E-state index in [2.05, 4.69) is 10.0 Å². The predicted molar refractivity (Wildman–Crippen MR) is 74.4 cm³/mol. The molecule has 9 nitrogen and oxygen atoms in total. The minimum absolute atomic E-state index is 0.348. The van der Waals surface area contributed by atoms with Gasteiger partial charge in [-0.05, 0) is 36.2 Å². The van der Waals surface area contributed by atoms with E-state index >= 15 is 0 Å². The maximum Gasteiger partial charge on any atom is 0.229 e. The predicted octanol–water partition coefficient (Wildman–Crippen LogP) is 0.116. The highest BCUT2D eigenvalue weighted by molar-refractivity contribution is 5.46. The fourth-order valence-corrected chi connectivity index (χ4v) is 2.17. The van der Waals surface area contributed by atoms with Crippen LogP contribution in [0.2, 0.25) is 0 Å². The molecule has 4 N–H and O–H groups in total. The van der Waals surface area contributed by atoms with Gasteiger partial charge in [0, 0.05) is 10.6 Å². The standard InChI is InChI=1S/C13H17N3O6/c1-6-4-7(15-16-14)2-3-8(6)21-13-12(20)11(19)10(18)9(5-17)22-13/h2-4,9-13,17-20H,5H2,1H3/t9-,10-,11+,12+,13+/m1/s1. The SMILES string of the molecule is Cc1cc(N=[N+]=[N-])ccc1O[C@H]1O[C@H](CO)[C@@H](O)[C@H](O)[C@@H]1O. The molecule has 5 atom stereocenters. The number of aryl methyl sites for hydroxylation is 1. The fraction of sp³-hybridized carbons (Fsp3) is 0.538. The van der Waals surface area contributed by atoms with Crippen LogP contribution in [0.25, 0.3) is 10.4 Å². The number of aliphatic hydroxyl groups is 4. The second-order valence-corrected chi connectivity index (χ2v) is 4.95. The van der Waals surface area contributed by atoms with Crippen molar-refractivity contribution in [1.82, 2.24) is 0 Å².